The van der Waals surface area contributed by atoms with Gasteiger partial charge in [-0.1, -0.05) is 13.8 Å². The molecule has 96 valence electrons. The Hall–Kier alpha value is -0.160. The Morgan fingerprint density at radius 3 is 2.88 bits per heavy atom. The predicted octanol–water partition coefficient (Wildman–Crippen LogP) is 0.314. The standard InChI is InChI=1S/C12H26N2O2/c1-10(2)13-6-12(15)8-14-5-4-11(7-14)9-16-3/h10-13,15H,4-9H2,1-3H3. The van der Waals surface area contributed by atoms with Gasteiger partial charge in [0.2, 0.25) is 0 Å². The molecule has 1 rings (SSSR count). The number of aliphatic hydroxyl groups excluding tert-OH is 1. The largest absolute Gasteiger partial charge is 0.390 e. The number of nitrogens with one attached hydrogen (secondary N) is 1. The lowest BCUT2D eigenvalue weighted by Crippen LogP contribution is -2.39. The van der Waals surface area contributed by atoms with Gasteiger partial charge in [-0.2, -0.15) is 0 Å². The Bertz CT molecular complexity index is 188. The molecule has 0 aromatic rings. The maximum absolute atomic E-state index is 9.84. The summed E-state index contributed by atoms with van der Waals surface area (Å²) in [6.45, 7) is 8.65. The fourth-order valence-electron chi connectivity index (χ4n) is 2.18. The number of hydrogen-bond donors (Lipinski definition) is 2. The molecule has 16 heavy (non-hydrogen) atoms. The van der Waals surface area contributed by atoms with Gasteiger partial charge in [0.1, 0.15) is 0 Å². The second kappa shape index (κ2) is 7.22. The number of nitrogens with zero attached hydrogens (tertiary/aromatic N) is 1. The van der Waals surface area contributed by atoms with Crippen LogP contribution in [0, 0.1) is 5.92 Å². The highest BCUT2D eigenvalue weighted by Gasteiger charge is 2.23. The van der Waals surface area contributed by atoms with Gasteiger partial charge in [-0.05, 0) is 18.9 Å². The summed E-state index contributed by atoms with van der Waals surface area (Å²) >= 11 is 0. The van der Waals surface area contributed by atoms with Crippen LogP contribution in [0.4, 0.5) is 0 Å². The monoisotopic (exact) mass is 230 g/mol. The van der Waals surface area contributed by atoms with Gasteiger partial charge in [0, 0.05) is 32.8 Å². The number of ether oxygens (including phenoxy) is 1. The Balaban J connectivity index is 2.13. The number of likely N-dealkylation sites (tertiary alicyclic amines) is 1. The van der Waals surface area contributed by atoms with E-state index in [1.807, 2.05) is 0 Å². The molecule has 0 aromatic carbocycles. The van der Waals surface area contributed by atoms with E-state index in [-0.39, 0.29) is 6.10 Å². The van der Waals surface area contributed by atoms with E-state index in [1.54, 1.807) is 7.11 Å². The average molecular weight is 230 g/mol. The van der Waals surface area contributed by atoms with Gasteiger partial charge in [0.15, 0.2) is 0 Å². The molecule has 0 radical (unpaired) electrons. The number of methoxy groups -OCH3 is 1. The van der Waals surface area contributed by atoms with Crippen LogP contribution in [-0.2, 0) is 4.74 Å². The van der Waals surface area contributed by atoms with Gasteiger partial charge in [0.25, 0.3) is 0 Å². The van der Waals surface area contributed by atoms with Gasteiger partial charge in [-0.25, -0.2) is 0 Å². The van der Waals surface area contributed by atoms with Crippen molar-refractivity contribution < 1.29 is 9.84 Å². The molecule has 0 bridgehead atoms. The molecular weight excluding hydrogens is 204 g/mol. The van der Waals surface area contributed by atoms with Crippen molar-refractivity contribution in [2.75, 3.05) is 39.9 Å². The highest BCUT2D eigenvalue weighted by Crippen LogP contribution is 2.16. The fourth-order valence-corrected chi connectivity index (χ4v) is 2.18. The topological polar surface area (TPSA) is 44.7 Å². The maximum atomic E-state index is 9.84. The molecular formula is C12H26N2O2. The third kappa shape index (κ3) is 5.25. The first-order chi connectivity index (χ1) is 7.61. The molecule has 1 fully saturated rings. The van der Waals surface area contributed by atoms with Crippen molar-refractivity contribution in [3.63, 3.8) is 0 Å². The van der Waals surface area contributed by atoms with Crippen molar-refractivity contribution in [2.24, 2.45) is 5.92 Å². The van der Waals surface area contributed by atoms with E-state index in [1.165, 1.54) is 6.42 Å². The molecule has 4 heteroatoms. The van der Waals surface area contributed by atoms with Crippen LogP contribution in [0.2, 0.25) is 0 Å². The summed E-state index contributed by atoms with van der Waals surface area (Å²) in [4.78, 5) is 2.33. The summed E-state index contributed by atoms with van der Waals surface area (Å²) in [6, 6.07) is 0.439. The van der Waals surface area contributed by atoms with Crippen molar-refractivity contribution in [3.8, 4) is 0 Å². The highest BCUT2D eigenvalue weighted by molar-refractivity contribution is 4.78. The molecule has 1 aliphatic heterocycles. The maximum Gasteiger partial charge on any atom is 0.0791 e. The zero-order valence-corrected chi connectivity index (χ0v) is 10.8. The second-order valence-electron chi connectivity index (χ2n) is 5.09. The van der Waals surface area contributed by atoms with Crippen molar-refractivity contribution in [2.45, 2.75) is 32.4 Å². The van der Waals surface area contributed by atoms with Gasteiger partial charge in [0.05, 0.1) is 12.7 Å². The van der Waals surface area contributed by atoms with Gasteiger partial charge in [-0.15, -0.1) is 0 Å². The Morgan fingerprint density at radius 1 is 1.50 bits per heavy atom. The van der Waals surface area contributed by atoms with E-state index < -0.39 is 0 Å². The third-order valence-corrected chi connectivity index (χ3v) is 3.00. The van der Waals surface area contributed by atoms with Crippen LogP contribution < -0.4 is 5.32 Å². The Kier molecular flexibility index (Phi) is 6.28. The molecule has 0 saturated carbocycles. The molecule has 2 N–H and O–H groups in total. The van der Waals surface area contributed by atoms with E-state index in [0.29, 0.717) is 18.5 Å². The van der Waals surface area contributed by atoms with Crippen LogP contribution in [-0.4, -0.2) is 62.0 Å². The molecule has 1 aliphatic rings. The SMILES string of the molecule is COCC1CCN(CC(O)CNC(C)C)C1. The summed E-state index contributed by atoms with van der Waals surface area (Å²) in [7, 11) is 1.75. The third-order valence-electron chi connectivity index (χ3n) is 3.00. The summed E-state index contributed by atoms with van der Waals surface area (Å²) in [5, 5.41) is 13.1. The molecule has 0 aliphatic carbocycles. The van der Waals surface area contributed by atoms with Crippen LogP contribution in [0.5, 0.6) is 0 Å². The molecule has 0 spiro atoms. The van der Waals surface area contributed by atoms with E-state index >= 15 is 0 Å². The number of β-amino-alcohol motifs (C(OH)–C–C–N with tert-alkyl or cyclic N) is 1. The number of rotatable bonds is 7. The minimum atomic E-state index is -0.260. The molecule has 1 heterocycles. The molecule has 2 atom stereocenters. The molecule has 0 amide bonds. The van der Waals surface area contributed by atoms with E-state index in [9.17, 15) is 5.11 Å². The summed E-state index contributed by atoms with van der Waals surface area (Å²) in [6.07, 6.45) is 0.932. The van der Waals surface area contributed by atoms with Crippen LogP contribution in [0.1, 0.15) is 20.3 Å². The van der Waals surface area contributed by atoms with Crippen molar-refractivity contribution in [1.82, 2.24) is 10.2 Å². The van der Waals surface area contributed by atoms with Gasteiger partial charge < -0.3 is 20.1 Å². The Labute approximate surface area is 99.0 Å². The molecule has 4 nitrogen and oxygen atoms in total. The zero-order chi connectivity index (χ0) is 12.0. The predicted molar refractivity (Wildman–Crippen MR) is 65.6 cm³/mol. The quantitative estimate of drug-likeness (QED) is 0.661. The summed E-state index contributed by atoms with van der Waals surface area (Å²) in [5.41, 5.74) is 0. The number of hydrogen-bond acceptors (Lipinski definition) is 4. The molecule has 1 saturated heterocycles. The minimum Gasteiger partial charge on any atom is -0.390 e. The minimum absolute atomic E-state index is 0.260. The van der Waals surface area contributed by atoms with E-state index in [2.05, 4.69) is 24.1 Å². The van der Waals surface area contributed by atoms with Gasteiger partial charge >= 0.3 is 0 Å². The Morgan fingerprint density at radius 2 is 2.25 bits per heavy atom. The first-order valence-corrected chi connectivity index (χ1v) is 6.24. The molecule has 2 unspecified atom stereocenters. The van der Waals surface area contributed by atoms with Crippen LogP contribution in [0.3, 0.4) is 0 Å². The van der Waals surface area contributed by atoms with Crippen molar-refractivity contribution in [3.05, 3.63) is 0 Å². The van der Waals surface area contributed by atoms with E-state index in [0.717, 1.165) is 26.2 Å². The van der Waals surface area contributed by atoms with Gasteiger partial charge in [-0.3, -0.25) is 0 Å². The van der Waals surface area contributed by atoms with E-state index in [4.69, 9.17) is 4.74 Å². The first kappa shape index (κ1) is 13.9. The summed E-state index contributed by atoms with van der Waals surface area (Å²) < 4.78 is 5.16. The van der Waals surface area contributed by atoms with Crippen LogP contribution in [0.15, 0.2) is 0 Å². The lowest BCUT2D eigenvalue weighted by atomic mass is 10.1. The summed E-state index contributed by atoms with van der Waals surface area (Å²) in [5.74, 6) is 0.648. The lowest BCUT2D eigenvalue weighted by Gasteiger charge is -2.21. The van der Waals surface area contributed by atoms with Crippen molar-refractivity contribution >= 4 is 0 Å². The second-order valence-corrected chi connectivity index (χ2v) is 5.09. The molecule has 0 aromatic heterocycles. The lowest BCUT2D eigenvalue weighted by molar-refractivity contribution is 0.112. The van der Waals surface area contributed by atoms with Crippen LogP contribution in [0.25, 0.3) is 0 Å². The van der Waals surface area contributed by atoms with Crippen LogP contribution >= 0.6 is 0 Å². The number of aliphatic hydroxyl groups is 1. The first-order valence-electron chi connectivity index (χ1n) is 6.24. The zero-order valence-electron chi connectivity index (χ0n) is 10.8. The highest BCUT2D eigenvalue weighted by atomic mass is 16.5. The average Bonchev–Trinajstić information content (AvgIpc) is 2.63. The smallest absolute Gasteiger partial charge is 0.0791 e. The normalized spacial score (nSPS) is 24.2. The van der Waals surface area contributed by atoms with Crippen molar-refractivity contribution in [1.29, 1.82) is 0 Å². The fraction of sp³-hybridized carbons (Fsp3) is 1.00.